The van der Waals surface area contributed by atoms with Gasteiger partial charge in [0, 0.05) is 11.1 Å². The number of methoxy groups -OCH3 is 2. The highest BCUT2D eigenvalue weighted by atomic mass is 16.5. The summed E-state index contributed by atoms with van der Waals surface area (Å²) in [6.45, 7) is 0. The van der Waals surface area contributed by atoms with Gasteiger partial charge in [-0.3, -0.25) is 0 Å². The van der Waals surface area contributed by atoms with E-state index in [1.807, 2.05) is 48.5 Å². The van der Waals surface area contributed by atoms with Crippen LogP contribution in [0.25, 0.3) is 0 Å². The molecule has 0 aliphatic carbocycles. The Labute approximate surface area is 307 Å². The molecule has 0 unspecified atom stereocenters. The normalized spacial score (nSPS) is 11.0. The van der Waals surface area contributed by atoms with Gasteiger partial charge in [0.05, 0.1) is 14.2 Å². The van der Waals surface area contributed by atoms with Gasteiger partial charge in [0.2, 0.25) is 0 Å². The van der Waals surface area contributed by atoms with Crippen LogP contribution in [0.15, 0.2) is 194 Å². The number of hydrogen-bond acceptors (Lipinski definition) is 2. The molecular weight excluding hydrogens is 633 g/mol. The summed E-state index contributed by atoms with van der Waals surface area (Å²) in [7, 11) is 3.39. The molecular formula is C50H38O2. The van der Waals surface area contributed by atoms with Gasteiger partial charge in [-0.15, -0.1) is 0 Å². The van der Waals surface area contributed by atoms with Crippen molar-refractivity contribution >= 4 is 0 Å². The Morgan fingerprint density at radius 3 is 0.904 bits per heavy atom. The zero-order chi connectivity index (χ0) is 35.6. The number of rotatable bonds is 8. The van der Waals surface area contributed by atoms with Crippen molar-refractivity contribution in [3.8, 4) is 35.2 Å². The molecule has 0 saturated heterocycles. The highest BCUT2D eigenvalue weighted by Gasteiger charge is 2.36. The molecule has 0 radical (unpaired) electrons. The average molecular weight is 671 g/mol. The molecule has 2 heteroatoms. The van der Waals surface area contributed by atoms with Crippen LogP contribution in [0.3, 0.4) is 0 Å². The molecule has 0 spiro atoms. The molecule has 0 saturated carbocycles. The first-order valence-electron chi connectivity index (χ1n) is 17.3. The monoisotopic (exact) mass is 670 g/mol. The van der Waals surface area contributed by atoms with E-state index in [1.54, 1.807) is 14.2 Å². The summed E-state index contributed by atoms with van der Waals surface area (Å²) >= 11 is 0. The first kappa shape index (κ1) is 33.7. The first-order chi connectivity index (χ1) is 25.7. The summed E-state index contributed by atoms with van der Waals surface area (Å²) < 4.78 is 11.3. The minimum Gasteiger partial charge on any atom is -0.497 e. The summed E-state index contributed by atoms with van der Waals surface area (Å²) in [5.41, 5.74) is 6.73. The van der Waals surface area contributed by atoms with Gasteiger partial charge in [-0.2, -0.15) is 0 Å². The summed E-state index contributed by atoms with van der Waals surface area (Å²) in [5, 5.41) is 0. The van der Waals surface area contributed by atoms with Crippen LogP contribution in [-0.4, -0.2) is 14.2 Å². The van der Waals surface area contributed by atoms with Gasteiger partial charge < -0.3 is 9.47 Å². The molecule has 2 nitrogen and oxygen atoms in total. The molecule has 0 atom stereocenters. The van der Waals surface area contributed by atoms with Gasteiger partial charge in [-0.25, -0.2) is 0 Å². The van der Waals surface area contributed by atoms with E-state index in [0.717, 1.165) is 56.0 Å². The number of benzene rings is 7. The maximum atomic E-state index is 5.67. The maximum Gasteiger partial charge on any atom is 0.119 e. The van der Waals surface area contributed by atoms with Crippen molar-refractivity contribution in [2.24, 2.45) is 0 Å². The van der Waals surface area contributed by atoms with Gasteiger partial charge in [0.1, 0.15) is 22.3 Å². The molecule has 0 aromatic heterocycles. The fourth-order valence-corrected chi connectivity index (χ4v) is 6.87. The Morgan fingerprint density at radius 2 is 0.615 bits per heavy atom. The predicted octanol–water partition coefficient (Wildman–Crippen LogP) is 10.5. The van der Waals surface area contributed by atoms with Gasteiger partial charge in [0.15, 0.2) is 0 Å². The second kappa shape index (κ2) is 15.4. The van der Waals surface area contributed by atoms with E-state index in [1.165, 1.54) is 0 Å². The van der Waals surface area contributed by atoms with Crippen LogP contribution in [0.1, 0.15) is 44.5 Å². The van der Waals surface area contributed by atoms with E-state index >= 15 is 0 Å². The largest absolute Gasteiger partial charge is 0.497 e. The lowest BCUT2D eigenvalue weighted by atomic mass is 9.69. The van der Waals surface area contributed by atoms with E-state index < -0.39 is 10.8 Å². The minimum absolute atomic E-state index is 0.739. The zero-order valence-corrected chi connectivity index (χ0v) is 29.3. The number of hydrogen-bond donors (Lipinski definition) is 0. The molecule has 0 aliphatic rings. The Hall–Kier alpha value is -6.74. The number of ether oxygens (including phenoxy) is 2. The predicted molar refractivity (Wildman–Crippen MR) is 212 cm³/mol. The van der Waals surface area contributed by atoms with Crippen molar-refractivity contribution in [2.45, 2.75) is 10.8 Å². The lowest BCUT2D eigenvalue weighted by Crippen LogP contribution is -2.27. The van der Waals surface area contributed by atoms with Crippen LogP contribution in [-0.2, 0) is 10.8 Å². The molecule has 250 valence electrons. The van der Waals surface area contributed by atoms with Crippen LogP contribution < -0.4 is 9.47 Å². The second-order valence-electron chi connectivity index (χ2n) is 12.5. The summed E-state index contributed by atoms with van der Waals surface area (Å²) in [5.74, 6) is 16.2. The topological polar surface area (TPSA) is 18.5 Å². The third-order valence-corrected chi connectivity index (χ3v) is 9.51. The Morgan fingerprint density at radius 1 is 0.327 bits per heavy atom. The summed E-state index contributed by atoms with van der Waals surface area (Å²) in [6.07, 6.45) is 0. The molecule has 0 aliphatic heterocycles. The van der Waals surface area contributed by atoms with Gasteiger partial charge in [0.25, 0.3) is 0 Å². The first-order valence-corrected chi connectivity index (χ1v) is 17.3. The van der Waals surface area contributed by atoms with Gasteiger partial charge in [-0.1, -0.05) is 169 Å². The fraction of sp³-hybridized carbons (Fsp3) is 0.0800. The SMILES string of the molecule is COc1cccc(C(C#Cc2ccc(C#CC(c3ccccc3)(c3ccccc3)c3cccc(OC)c3)cc2)(c2ccccc2)c2ccccc2)c1. The van der Waals surface area contributed by atoms with Crippen LogP contribution >= 0.6 is 0 Å². The molecule has 7 aromatic rings. The molecule has 7 rings (SSSR count). The lowest BCUT2D eigenvalue weighted by molar-refractivity contribution is 0.413. The average Bonchev–Trinajstić information content (AvgIpc) is 3.23. The highest BCUT2D eigenvalue weighted by molar-refractivity contribution is 5.62. The fourth-order valence-electron chi connectivity index (χ4n) is 6.87. The standard InChI is InChI=1S/C50H38O2/c1-51-47-27-15-25-45(37-47)49(41-17-7-3-8-18-41,42-19-9-4-10-20-42)35-33-39-29-31-40(32-30-39)34-36-50(43-21-11-5-12-22-43,44-23-13-6-14-24-44)46-26-16-28-48(38-46)52-2/h3-32,37-38H,1-2H3. The van der Waals surface area contributed by atoms with E-state index in [0.29, 0.717) is 0 Å². The van der Waals surface area contributed by atoms with Crippen molar-refractivity contribution in [3.63, 3.8) is 0 Å². The Bertz CT molecular complexity index is 2110. The summed E-state index contributed by atoms with van der Waals surface area (Å²) in [6, 6.07) is 66.5. The second-order valence-corrected chi connectivity index (χ2v) is 12.5. The minimum atomic E-state index is -0.739. The Balaban J connectivity index is 1.34. The van der Waals surface area contributed by atoms with Crippen molar-refractivity contribution in [1.29, 1.82) is 0 Å². The molecule has 7 aromatic carbocycles. The molecule has 0 heterocycles. The quantitative estimate of drug-likeness (QED) is 0.118. The van der Waals surface area contributed by atoms with E-state index in [2.05, 4.69) is 169 Å². The van der Waals surface area contributed by atoms with E-state index in [9.17, 15) is 0 Å². The summed E-state index contributed by atoms with van der Waals surface area (Å²) in [4.78, 5) is 0. The van der Waals surface area contributed by atoms with Crippen LogP contribution in [0.5, 0.6) is 11.5 Å². The van der Waals surface area contributed by atoms with Crippen LogP contribution in [0, 0.1) is 23.7 Å². The van der Waals surface area contributed by atoms with Crippen LogP contribution in [0.4, 0.5) is 0 Å². The molecule has 0 amide bonds. The highest BCUT2D eigenvalue weighted by Crippen LogP contribution is 2.41. The lowest BCUT2D eigenvalue weighted by Gasteiger charge is -2.31. The molecule has 0 bridgehead atoms. The van der Waals surface area contributed by atoms with Crippen LogP contribution in [0.2, 0.25) is 0 Å². The molecule has 52 heavy (non-hydrogen) atoms. The van der Waals surface area contributed by atoms with Gasteiger partial charge in [-0.05, 0) is 81.9 Å². The van der Waals surface area contributed by atoms with Crippen molar-refractivity contribution in [1.82, 2.24) is 0 Å². The van der Waals surface area contributed by atoms with Crippen molar-refractivity contribution in [3.05, 3.63) is 239 Å². The van der Waals surface area contributed by atoms with Crippen molar-refractivity contribution < 1.29 is 9.47 Å². The third-order valence-electron chi connectivity index (χ3n) is 9.51. The van der Waals surface area contributed by atoms with Crippen molar-refractivity contribution in [2.75, 3.05) is 14.2 Å². The van der Waals surface area contributed by atoms with Gasteiger partial charge >= 0.3 is 0 Å². The molecule has 0 N–H and O–H groups in total. The zero-order valence-electron chi connectivity index (χ0n) is 29.3. The maximum absolute atomic E-state index is 5.67. The Kier molecular flexibility index (Phi) is 10.0. The van der Waals surface area contributed by atoms with E-state index in [4.69, 9.17) is 9.47 Å². The van der Waals surface area contributed by atoms with E-state index in [-0.39, 0.29) is 0 Å². The third kappa shape index (κ3) is 6.72. The molecule has 0 fully saturated rings. The smallest absolute Gasteiger partial charge is 0.119 e.